The minimum absolute atomic E-state index is 0.300. The van der Waals surface area contributed by atoms with Gasteiger partial charge in [-0.3, -0.25) is 4.79 Å². The molecule has 1 saturated heterocycles. The first kappa shape index (κ1) is 17.3. The van der Waals surface area contributed by atoms with E-state index in [1.807, 2.05) is 13.8 Å². The molecule has 1 atom stereocenters. The summed E-state index contributed by atoms with van der Waals surface area (Å²) in [5.74, 6) is -0.0797. The van der Waals surface area contributed by atoms with Crippen LogP contribution in [0.15, 0.2) is 24.3 Å². The van der Waals surface area contributed by atoms with Gasteiger partial charge >= 0.3 is 5.97 Å². The van der Waals surface area contributed by atoms with Crippen LogP contribution in [0, 0.1) is 18.7 Å². The van der Waals surface area contributed by atoms with Gasteiger partial charge in [0.25, 0.3) is 0 Å². The molecule has 25 heavy (non-hydrogen) atoms. The molecule has 5 nitrogen and oxygen atoms in total. The van der Waals surface area contributed by atoms with Crippen LogP contribution >= 0.6 is 0 Å². The molecule has 1 fully saturated rings. The van der Waals surface area contributed by atoms with Gasteiger partial charge in [-0.2, -0.15) is 0 Å². The lowest BCUT2D eigenvalue weighted by molar-refractivity contribution is -0.141. The van der Waals surface area contributed by atoms with E-state index in [0.29, 0.717) is 18.8 Å². The smallest absolute Gasteiger partial charge is 0.308 e. The molecule has 0 bridgehead atoms. The van der Waals surface area contributed by atoms with Crippen LogP contribution < -0.4 is 4.90 Å². The summed E-state index contributed by atoms with van der Waals surface area (Å²) in [6.45, 7) is 5.23. The third-order valence-electron chi connectivity index (χ3n) is 4.72. The summed E-state index contributed by atoms with van der Waals surface area (Å²) in [5.41, 5.74) is 2.67. The number of piperidine rings is 1. The zero-order chi connectivity index (χ0) is 18.0. The fraction of sp³-hybridized carbons (Fsp3) is 0.421. The van der Waals surface area contributed by atoms with Crippen molar-refractivity contribution in [1.82, 2.24) is 9.97 Å². The van der Waals surface area contributed by atoms with Gasteiger partial charge in [0.05, 0.1) is 5.92 Å². The molecule has 0 amide bonds. The standard InChI is InChI=1S/C19H22FN3O2/c1-3-16-12(2)21-17(13-6-8-15(20)9-7-13)22-18(16)23-10-4-5-14(11-23)19(24)25/h6-9,14H,3-5,10-11H2,1-2H3,(H,24,25). The molecule has 3 rings (SSSR count). The summed E-state index contributed by atoms with van der Waals surface area (Å²) in [6, 6.07) is 6.11. The molecule has 2 aromatic rings. The van der Waals surface area contributed by atoms with Crippen LogP contribution in [-0.4, -0.2) is 34.1 Å². The Hall–Kier alpha value is -2.50. The molecule has 132 valence electrons. The van der Waals surface area contributed by atoms with Crippen molar-refractivity contribution < 1.29 is 14.3 Å². The van der Waals surface area contributed by atoms with Gasteiger partial charge in [-0.05, 0) is 50.5 Å². The highest BCUT2D eigenvalue weighted by molar-refractivity contribution is 5.71. The van der Waals surface area contributed by atoms with E-state index in [-0.39, 0.29) is 11.7 Å². The maximum Gasteiger partial charge on any atom is 0.308 e. The van der Waals surface area contributed by atoms with E-state index in [0.717, 1.165) is 42.0 Å². The van der Waals surface area contributed by atoms with Crippen molar-refractivity contribution >= 4 is 11.8 Å². The first-order chi connectivity index (χ1) is 12.0. The number of nitrogens with zero attached hydrogens (tertiary/aromatic N) is 3. The molecule has 1 aromatic carbocycles. The van der Waals surface area contributed by atoms with Gasteiger partial charge in [0, 0.05) is 29.9 Å². The van der Waals surface area contributed by atoms with Crippen molar-refractivity contribution in [2.24, 2.45) is 5.92 Å². The van der Waals surface area contributed by atoms with Gasteiger partial charge < -0.3 is 10.0 Å². The largest absolute Gasteiger partial charge is 0.481 e. The highest BCUT2D eigenvalue weighted by atomic mass is 19.1. The van der Waals surface area contributed by atoms with E-state index >= 15 is 0 Å². The zero-order valence-electron chi connectivity index (χ0n) is 14.5. The van der Waals surface area contributed by atoms with E-state index in [9.17, 15) is 14.3 Å². The number of aryl methyl sites for hydroxylation is 1. The molecule has 1 aromatic heterocycles. The number of aromatic nitrogens is 2. The van der Waals surface area contributed by atoms with Crippen LogP contribution in [0.1, 0.15) is 31.0 Å². The van der Waals surface area contributed by atoms with Gasteiger partial charge in [-0.15, -0.1) is 0 Å². The summed E-state index contributed by atoms with van der Waals surface area (Å²) >= 11 is 0. The number of aliphatic carboxylic acids is 1. The Morgan fingerprint density at radius 3 is 2.68 bits per heavy atom. The van der Waals surface area contributed by atoms with Crippen molar-refractivity contribution in [2.45, 2.75) is 33.1 Å². The van der Waals surface area contributed by atoms with Crippen molar-refractivity contribution in [3.8, 4) is 11.4 Å². The van der Waals surface area contributed by atoms with Crippen molar-refractivity contribution in [3.05, 3.63) is 41.3 Å². The van der Waals surface area contributed by atoms with E-state index < -0.39 is 5.97 Å². The number of hydrogen-bond donors (Lipinski definition) is 1. The normalized spacial score (nSPS) is 17.6. The molecule has 0 saturated carbocycles. The van der Waals surface area contributed by atoms with Crippen LogP contribution in [-0.2, 0) is 11.2 Å². The molecular weight excluding hydrogens is 321 g/mol. The van der Waals surface area contributed by atoms with Gasteiger partial charge in [-0.1, -0.05) is 6.92 Å². The lowest BCUT2D eigenvalue weighted by Crippen LogP contribution is -2.39. The Morgan fingerprint density at radius 2 is 2.04 bits per heavy atom. The highest BCUT2D eigenvalue weighted by Crippen LogP contribution is 2.29. The topological polar surface area (TPSA) is 66.3 Å². The van der Waals surface area contributed by atoms with E-state index in [1.54, 1.807) is 12.1 Å². The fourth-order valence-corrected chi connectivity index (χ4v) is 3.36. The number of carboxylic acids is 1. The summed E-state index contributed by atoms with van der Waals surface area (Å²) in [6.07, 6.45) is 2.30. The van der Waals surface area contributed by atoms with Crippen molar-refractivity contribution in [1.29, 1.82) is 0 Å². The predicted octanol–water partition coefficient (Wildman–Crippen LogP) is 3.45. The lowest BCUT2D eigenvalue weighted by Gasteiger charge is -2.33. The SMILES string of the molecule is CCc1c(C)nc(-c2ccc(F)cc2)nc1N1CCCC(C(=O)O)C1. The second-order valence-corrected chi connectivity index (χ2v) is 6.42. The Bertz CT molecular complexity index is 777. The molecular formula is C19H22FN3O2. The monoisotopic (exact) mass is 343 g/mol. The zero-order valence-corrected chi connectivity index (χ0v) is 14.5. The molecule has 1 N–H and O–H groups in total. The van der Waals surface area contributed by atoms with Gasteiger partial charge in [0.1, 0.15) is 11.6 Å². The van der Waals surface area contributed by atoms with Crippen LogP contribution in [0.2, 0.25) is 0 Å². The summed E-state index contributed by atoms with van der Waals surface area (Å²) in [4.78, 5) is 22.7. The maximum atomic E-state index is 13.2. The number of halogens is 1. The first-order valence-electron chi connectivity index (χ1n) is 8.60. The summed E-state index contributed by atoms with van der Waals surface area (Å²) in [5, 5.41) is 9.35. The molecule has 1 unspecified atom stereocenters. The Kier molecular flexibility index (Phi) is 4.97. The number of rotatable bonds is 4. The minimum atomic E-state index is -0.757. The minimum Gasteiger partial charge on any atom is -0.481 e. The average Bonchev–Trinajstić information content (AvgIpc) is 2.61. The summed E-state index contributed by atoms with van der Waals surface area (Å²) < 4.78 is 13.2. The Morgan fingerprint density at radius 1 is 1.32 bits per heavy atom. The highest BCUT2D eigenvalue weighted by Gasteiger charge is 2.28. The number of hydrogen-bond acceptors (Lipinski definition) is 4. The quantitative estimate of drug-likeness (QED) is 0.921. The molecule has 0 aliphatic carbocycles. The maximum absolute atomic E-state index is 13.2. The van der Waals surface area contributed by atoms with Gasteiger partial charge in [0.2, 0.25) is 0 Å². The second-order valence-electron chi connectivity index (χ2n) is 6.42. The molecule has 0 spiro atoms. The molecule has 1 aliphatic heterocycles. The van der Waals surface area contributed by atoms with Gasteiger partial charge in [-0.25, -0.2) is 14.4 Å². The third-order valence-corrected chi connectivity index (χ3v) is 4.72. The third kappa shape index (κ3) is 3.62. The first-order valence-corrected chi connectivity index (χ1v) is 8.60. The van der Waals surface area contributed by atoms with Crippen molar-refractivity contribution in [3.63, 3.8) is 0 Å². The Labute approximate surface area is 146 Å². The average molecular weight is 343 g/mol. The van der Waals surface area contributed by atoms with Crippen LogP contribution in [0.3, 0.4) is 0 Å². The second kappa shape index (κ2) is 7.17. The fourth-order valence-electron chi connectivity index (χ4n) is 3.36. The van der Waals surface area contributed by atoms with Crippen LogP contribution in [0.5, 0.6) is 0 Å². The Balaban J connectivity index is 2.02. The molecule has 0 radical (unpaired) electrons. The summed E-state index contributed by atoms with van der Waals surface area (Å²) in [7, 11) is 0. The van der Waals surface area contributed by atoms with Crippen LogP contribution in [0.4, 0.5) is 10.2 Å². The van der Waals surface area contributed by atoms with E-state index in [4.69, 9.17) is 4.98 Å². The predicted molar refractivity (Wildman–Crippen MR) is 94.1 cm³/mol. The van der Waals surface area contributed by atoms with E-state index in [2.05, 4.69) is 9.88 Å². The molecule has 1 aliphatic rings. The number of carboxylic acid groups (broad SMARTS) is 1. The van der Waals surface area contributed by atoms with Crippen LogP contribution in [0.25, 0.3) is 11.4 Å². The number of benzene rings is 1. The van der Waals surface area contributed by atoms with E-state index in [1.165, 1.54) is 12.1 Å². The molecule has 2 heterocycles. The number of anilines is 1. The molecule has 6 heteroatoms. The number of carbonyl (C=O) groups is 1. The van der Waals surface area contributed by atoms with Gasteiger partial charge in [0.15, 0.2) is 5.82 Å². The lowest BCUT2D eigenvalue weighted by atomic mass is 9.97. The van der Waals surface area contributed by atoms with Crippen molar-refractivity contribution in [2.75, 3.05) is 18.0 Å².